The first-order valence-electron chi connectivity index (χ1n) is 3.50. The molecule has 3 heteroatoms. The highest BCUT2D eigenvalue weighted by Gasteiger charge is 2.04. The highest BCUT2D eigenvalue weighted by atomic mass is 127. The van der Waals surface area contributed by atoms with Crippen LogP contribution >= 0.6 is 22.6 Å². The lowest BCUT2D eigenvalue weighted by Crippen LogP contribution is -1.83. The van der Waals surface area contributed by atoms with Crippen molar-refractivity contribution in [3.8, 4) is 5.75 Å². The second kappa shape index (κ2) is 2.97. The number of benzene rings is 1. The van der Waals surface area contributed by atoms with Gasteiger partial charge in [0, 0.05) is 8.96 Å². The maximum Gasteiger partial charge on any atom is 0.130 e. The fourth-order valence-electron chi connectivity index (χ4n) is 1.18. The smallest absolute Gasteiger partial charge is 0.130 e. The molecule has 12 heavy (non-hydrogen) atoms. The molecule has 1 heterocycles. The van der Waals surface area contributed by atoms with E-state index >= 15 is 0 Å². The lowest BCUT2D eigenvalue weighted by molar-refractivity contribution is 0.419. The molecule has 0 radical (unpaired) electrons. The van der Waals surface area contributed by atoms with Gasteiger partial charge >= 0.3 is 0 Å². The summed E-state index contributed by atoms with van der Waals surface area (Å²) < 4.78 is 11.4. The van der Waals surface area contributed by atoms with Crippen molar-refractivity contribution in [1.29, 1.82) is 0 Å². The van der Waals surface area contributed by atoms with Crippen LogP contribution in [0.1, 0.15) is 0 Å². The maximum atomic E-state index is 5.20. The first kappa shape index (κ1) is 7.91. The lowest BCUT2D eigenvalue weighted by atomic mass is 10.2. The van der Waals surface area contributed by atoms with E-state index in [2.05, 4.69) is 28.7 Å². The van der Waals surface area contributed by atoms with Crippen molar-refractivity contribution >= 4 is 33.4 Å². The summed E-state index contributed by atoms with van der Waals surface area (Å²) >= 11 is 2.25. The molecule has 2 aromatic rings. The van der Waals surface area contributed by atoms with Crippen LogP contribution < -0.4 is 4.74 Å². The van der Waals surface area contributed by atoms with E-state index in [1.54, 1.807) is 19.6 Å². The van der Waals surface area contributed by atoms with Crippen molar-refractivity contribution in [2.45, 2.75) is 0 Å². The van der Waals surface area contributed by atoms with E-state index < -0.39 is 0 Å². The fraction of sp³-hybridized carbons (Fsp3) is 0.111. The molecule has 0 fully saturated rings. The molecular formula is C9H7IO2. The Kier molecular flexibility index (Phi) is 1.96. The summed E-state index contributed by atoms with van der Waals surface area (Å²) in [4.78, 5) is 0. The Morgan fingerprint density at radius 1 is 1.33 bits per heavy atom. The summed E-state index contributed by atoms with van der Waals surface area (Å²) in [6.45, 7) is 0. The first-order valence-corrected chi connectivity index (χ1v) is 4.58. The minimum absolute atomic E-state index is 0.866. The van der Waals surface area contributed by atoms with E-state index in [0.717, 1.165) is 20.1 Å². The van der Waals surface area contributed by atoms with Crippen molar-refractivity contribution in [1.82, 2.24) is 0 Å². The van der Waals surface area contributed by atoms with Gasteiger partial charge in [-0.15, -0.1) is 0 Å². The number of halogens is 1. The highest BCUT2D eigenvalue weighted by molar-refractivity contribution is 14.1. The zero-order valence-corrected chi connectivity index (χ0v) is 8.66. The van der Waals surface area contributed by atoms with Crippen LogP contribution in [0.3, 0.4) is 0 Å². The van der Waals surface area contributed by atoms with Gasteiger partial charge in [0.15, 0.2) is 0 Å². The standard InChI is InChI=1S/C9H7IO2/c1-11-9-3-7(10)2-6-4-12-5-8(6)9/h2-5H,1H3. The summed E-state index contributed by atoms with van der Waals surface area (Å²) in [5.41, 5.74) is 0. The van der Waals surface area contributed by atoms with Crippen molar-refractivity contribution in [2.75, 3.05) is 7.11 Å². The SMILES string of the molecule is COc1cc(I)cc2cocc12. The average Bonchev–Trinajstić information content (AvgIpc) is 2.50. The molecule has 0 spiro atoms. The number of rotatable bonds is 1. The summed E-state index contributed by atoms with van der Waals surface area (Å²) in [6, 6.07) is 4.04. The lowest BCUT2D eigenvalue weighted by Gasteiger charge is -2.00. The second-order valence-corrected chi connectivity index (χ2v) is 3.73. The second-order valence-electron chi connectivity index (χ2n) is 2.48. The third kappa shape index (κ3) is 1.18. The topological polar surface area (TPSA) is 22.4 Å². The summed E-state index contributed by atoms with van der Waals surface area (Å²) in [6.07, 6.45) is 3.42. The predicted octanol–water partition coefficient (Wildman–Crippen LogP) is 3.05. The van der Waals surface area contributed by atoms with Crippen LogP contribution in [0.25, 0.3) is 10.8 Å². The summed E-state index contributed by atoms with van der Waals surface area (Å²) in [5.74, 6) is 0.866. The van der Waals surface area contributed by atoms with E-state index in [1.807, 2.05) is 6.07 Å². The van der Waals surface area contributed by atoms with Crippen LogP contribution in [0.4, 0.5) is 0 Å². The van der Waals surface area contributed by atoms with Gasteiger partial charge < -0.3 is 9.15 Å². The van der Waals surface area contributed by atoms with Gasteiger partial charge in [0.05, 0.1) is 18.8 Å². The summed E-state index contributed by atoms with van der Waals surface area (Å²) in [5, 5.41) is 2.11. The molecule has 62 valence electrons. The van der Waals surface area contributed by atoms with Gasteiger partial charge in [-0.2, -0.15) is 0 Å². The number of furan rings is 1. The Labute approximate surface area is 83.6 Å². The highest BCUT2D eigenvalue weighted by Crippen LogP contribution is 2.28. The average molecular weight is 274 g/mol. The van der Waals surface area contributed by atoms with Gasteiger partial charge in [-0.05, 0) is 34.7 Å². The van der Waals surface area contributed by atoms with E-state index in [-0.39, 0.29) is 0 Å². The van der Waals surface area contributed by atoms with Crippen LogP contribution in [0.15, 0.2) is 29.1 Å². The number of ether oxygens (including phenoxy) is 1. The van der Waals surface area contributed by atoms with Gasteiger partial charge in [0.2, 0.25) is 0 Å². The van der Waals surface area contributed by atoms with Crippen molar-refractivity contribution < 1.29 is 9.15 Å². The number of hydrogen-bond acceptors (Lipinski definition) is 2. The molecular weight excluding hydrogens is 267 g/mol. The molecule has 0 atom stereocenters. The third-order valence-electron chi connectivity index (χ3n) is 1.74. The Balaban J connectivity index is 2.80. The Bertz CT molecular complexity index is 406. The molecule has 0 bridgehead atoms. The predicted molar refractivity (Wildman–Crippen MR) is 55.5 cm³/mol. The number of methoxy groups -OCH3 is 1. The molecule has 2 rings (SSSR count). The van der Waals surface area contributed by atoms with Crippen LogP contribution in [-0.4, -0.2) is 7.11 Å². The van der Waals surface area contributed by atoms with Crippen molar-refractivity contribution in [3.05, 3.63) is 28.2 Å². The molecule has 0 N–H and O–H groups in total. The largest absolute Gasteiger partial charge is 0.496 e. The van der Waals surface area contributed by atoms with Crippen molar-refractivity contribution in [2.24, 2.45) is 0 Å². The van der Waals surface area contributed by atoms with Crippen LogP contribution in [-0.2, 0) is 0 Å². The number of fused-ring (bicyclic) bond motifs is 1. The quantitative estimate of drug-likeness (QED) is 0.746. The molecule has 1 aromatic carbocycles. The Hall–Kier alpha value is -0.710. The molecule has 1 aromatic heterocycles. The Morgan fingerprint density at radius 2 is 2.17 bits per heavy atom. The normalized spacial score (nSPS) is 10.5. The van der Waals surface area contributed by atoms with Crippen LogP contribution in [0.2, 0.25) is 0 Å². The molecule has 0 amide bonds. The van der Waals surface area contributed by atoms with Gasteiger partial charge in [0.1, 0.15) is 12.0 Å². The molecule has 2 nitrogen and oxygen atoms in total. The van der Waals surface area contributed by atoms with Crippen LogP contribution in [0, 0.1) is 3.57 Å². The monoisotopic (exact) mass is 274 g/mol. The molecule has 0 saturated heterocycles. The first-order chi connectivity index (χ1) is 5.81. The summed E-state index contributed by atoms with van der Waals surface area (Å²) in [7, 11) is 1.66. The maximum absolute atomic E-state index is 5.20. The van der Waals surface area contributed by atoms with E-state index in [9.17, 15) is 0 Å². The van der Waals surface area contributed by atoms with Gasteiger partial charge in [-0.1, -0.05) is 0 Å². The van der Waals surface area contributed by atoms with E-state index in [1.165, 1.54) is 0 Å². The zero-order chi connectivity index (χ0) is 8.55. The zero-order valence-electron chi connectivity index (χ0n) is 6.50. The van der Waals surface area contributed by atoms with Gasteiger partial charge in [0.25, 0.3) is 0 Å². The van der Waals surface area contributed by atoms with Gasteiger partial charge in [-0.25, -0.2) is 0 Å². The minimum Gasteiger partial charge on any atom is -0.496 e. The number of hydrogen-bond donors (Lipinski definition) is 0. The van der Waals surface area contributed by atoms with E-state index in [0.29, 0.717) is 0 Å². The Morgan fingerprint density at radius 3 is 2.92 bits per heavy atom. The minimum atomic E-state index is 0.866. The fourth-order valence-corrected chi connectivity index (χ4v) is 1.80. The van der Waals surface area contributed by atoms with Crippen LogP contribution in [0.5, 0.6) is 5.75 Å². The molecule has 0 unspecified atom stereocenters. The van der Waals surface area contributed by atoms with Crippen molar-refractivity contribution in [3.63, 3.8) is 0 Å². The molecule has 0 aliphatic rings. The molecule has 0 aliphatic heterocycles. The van der Waals surface area contributed by atoms with E-state index in [4.69, 9.17) is 9.15 Å². The molecule has 0 saturated carbocycles. The molecule has 0 aliphatic carbocycles. The third-order valence-corrected chi connectivity index (χ3v) is 2.36. The van der Waals surface area contributed by atoms with Gasteiger partial charge in [-0.3, -0.25) is 0 Å².